The molecule has 5 nitrogen and oxygen atoms in total. The van der Waals surface area contributed by atoms with Crippen LogP contribution in [0.4, 0.5) is 11.4 Å². The van der Waals surface area contributed by atoms with E-state index in [2.05, 4.69) is 17.3 Å². The highest BCUT2D eigenvalue weighted by atomic mass is 16.5. The quantitative estimate of drug-likeness (QED) is 0.649. The van der Waals surface area contributed by atoms with Crippen LogP contribution in [0.2, 0.25) is 0 Å². The summed E-state index contributed by atoms with van der Waals surface area (Å²) in [6, 6.07) is 5.29. The third kappa shape index (κ3) is 3.63. The maximum Gasteiger partial charge on any atom is 0.340 e. The molecule has 0 unspecified atom stereocenters. The maximum atomic E-state index is 11.8. The van der Waals surface area contributed by atoms with Crippen molar-refractivity contribution in [1.82, 2.24) is 4.90 Å². The van der Waals surface area contributed by atoms with Gasteiger partial charge in [0, 0.05) is 17.9 Å². The topological polar surface area (TPSA) is 67.6 Å². The molecule has 1 aromatic rings. The summed E-state index contributed by atoms with van der Waals surface area (Å²) in [5.74, 6) is 0.289. The second kappa shape index (κ2) is 6.61. The number of ether oxygens (including phenoxy) is 1. The molecule has 5 heteroatoms. The van der Waals surface area contributed by atoms with Gasteiger partial charge in [0.25, 0.3) is 0 Å². The van der Waals surface area contributed by atoms with Crippen LogP contribution in [0.3, 0.4) is 0 Å². The Morgan fingerprint density at radius 3 is 2.80 bits per heavy atom. The number of nitrogens with two attached hydrogens (primary N) is 1. The number of nitrogens with zero attached hydrogens (tertiary/aromatic N) is 1. The van der Waals surface area contributed by atoms with Gasteiger partial charge in [-0.25, -0.2) is 4.79 Å². The largest absolute Gasteiger partial charge is 0.465 e. The van der Waals surface area contributed by atoms with Crippen LogP contribution in [-0.4, -0.2) is 44.7 Å². The van der Waals surface area contributed by atoms with Crippen LogP contribution in [0.1, 0.15) is 23.2 Å². The maximum absolute atomic E-state index is 11.8. The summed E-state index contributed by atoms with van der Waals surface area (Å²) in [6.45, 7) is 3.15. The number of anilines is 2. The molecule has 1 saturated heterocycles. The van der Waals surface area contributed by atoms with E-state index < -0.39 is 0 Å². The fourth-order valence-corrected chi connectivity index (χ4v) is 2.52. The van der Waals surface area contributed by atoms with E-state index in [0.717, 1.165) is 25.3 Å². The standard InChI is InChI=1S/C15H23N3O2/c1-18-7-5-11(6-8-18)10-17-14-4-3-12(16)9-13(14)15(19)20-2/h3-4,9,11,17H,5-8,10,16H2,1-2H3. The molecular weight excluding hydrogens is 254 g/mol. The Kier molecular flexibility index (Phi) is 4.84. The first kappa shape index (κ1) is 14.7. The molecule has 0 spiro atoms. The van der Waals surface area contributed by atoms with Crippen molar-refractivity contribution in [1.29, 1.82) is 0 Å². The van der Waals surface area contributed by atoms with Crippen molar-refractivity contribution in [3.8, 4) is 0 Å². The third-order valence-electron chi connectivity index (χ3n) is 3.87. The summed E-state index contributed by atoms with van der Waals surface area (Å²) in [5, 5.41) is 3.37. The molecule has 0 bridgehead atoms. The zero-order valence-corrected chi connectivity index (χ0v) is 12.2. The number of likely N-dealkylation sites (tertiary alicyclic amines) is 1. The first-order valence-corrected chi connectivity index (χ1v) is 7.00. The minimum absolute atomic E-state index is 0.358. The van der Waals surface area contributed by atoms with Crippen molar-refractivity contribution in [2.75, 3.05) is 44.8 Å². The molecular formula is C15H23N3O2. The number of methoxy groups -OCH3 is 1. The van der Waals surface area contributed by atoms with Gasteiger partial charge in [-0.2, -0.15) is 0 Å². The lowest BCUT2D eigenvalue weighted by molar-refractivity contribution is 0.0602. The normalized spacial score (nSPS) is 16.9. The van der Waals surface area contributed by atoms with E-state index in [-0.39, 0.29) is 5.97 Å². The fraction of sp³-hybridized carbons (Fsp3) is 0.533. The summed E-state index contributed by atoms with van der Waals surface area (Å²) >= 11 is 0. The number of carbonyl (C=O) groups excluding carboxylic acids is 1. The molecule has 1 aromatic carbocycles. The van der Waals surface area contributed by atoms with Gasteiger partial charge in [-0.3, -0.25) is 0 Å². The average molecular weight is 277 g/mol. The lowest BCUT2D eigenvalue weighted by Gasteiger charge is -2.29. The number of esters is 1. The Morgan fingerprint density at radius 1 is 1.45 bits per heavy atom. The number of hydrogen-bond acceptors (Lipinski definition) is 5. The molecule has 2 rings (SSSR count). The molecule has 1 aliphatic rings. The molecule has 0 aliphatic carbocycles. The van der Waals surface area contributed by atoms with Crippen molar-refractivity contribution in [3.05, 3.63) is 23.8 Å². The van der Waals surface area contributed by atoms with Crippen LogP contribution in [0.5, 0.6) is 0 Å². The van der Waals surface area contributed by atoms with E-state index in [4.69, 9.17) is 10.5 Å². The van der Waals surface area contributed by atoms with Gasteiger partial charge in [0.05, 0.1) is 12.7 Å². The van der Waals surface area contributed by atoms with Crippen molar-refractivity contribution in [2.45, 2.75) is 12.8 Å². The van der Waals surface area contributed by atoms with Crippen LogP contribution < -0.4 is 11.1 Å². The van der Waals surface area contributed by atoms with E-state index in [9.17, 15) is 4.79 Å². The SMILES string of the molecule is COC(=O)c1cc(N)ccc1NCC1CCN(C)CC1. The number of nitrogen functional groups attached to an aromatic ring is 1. The number of rotatable bonds is 4. The summed E-state index contributed by atoms with van der Waals surface area (Å²) in [4.78, 5) is 14.1. The third-order valence-corrected chi connectivity index (χ3v) is 3.87. The summed E-state index contributed by atoms with van der Waals surface area (Å²) in [5.41, 5.74) is 7.59. The molecule has 0 saturated carbocycles. The predicted molar refractivity (Wildman–Crippen MR) is 80.9 cm³/mol. The monoisotopic (exact) mass is 277 g/mol. The van der Waals surface area contributed by atoms with Crippen molar-refractivity contribution >= 4 is 17.3 Å². The van der Waals surface area contributed by atoms with Gasteiger partial charge >= 0.3 is 5.97 Å². The molecule has 0 atom stereocenters. The van der Waals surface area contributed by atoms with Crippen molar-refractivity contribution < 1.29 is 9.53 Å². The predicted octanol–water partition coefficient (Wildman–Crippen LogP) is 1.81. The summed E-state index contributed by atoms with van der Waals surface area (Å²) in [6.07, 6.45) is 2.37. The van der Waals surface area contributed by atoms with Crippen LogP contribution in [0.15, 0.2) is 18.2 Å². The first-order valence-electron chi connectivity index (χ1n) is 7.00. The van der Waals surface area contributed by atoms with Gasteiger partial charge in [-0.05, 0) is 57.1 Å². The molecule has 0 radical (unpaired) electrons. The molecule has 0 amide bonds. The molecule has 1 aliphatic heterocycles. The number of hydrogen-bond donors (Lipinski definition) is 2. The van der Waals surface area contributed by atoms with E-state index >= 15 is 0 Å². The van der Waals surface area contributed by atoms with Crippen molar-refractivity contribution in [3.63, 3.8) is 0 Å². The number of benzene rings is 1. The number of nitrogens with one attached hydrogen (secondary N) is 1. The van der Waals surface area contributed by atoms with Gasteiger partial charge in [-0.1, -0.05) is 0 Å². The van der Waals surface area contributed by atoms with E-state index in [1.54, 1.807) is 12.1 Å². The lowest BCUT2D eigenvalue weighted by atomic mass is 9.97. The number of carbonyl (C=O) groups is 1. The fourth-order valence-electron chi connectivity index (χ4n) is 2.52. The van der Waals surface area contributed by atoms with E-state index in [1.807, 2.05) is 6.07 Å². The Morgan fingerprint density at radius 2 is 2.15 bits per heavy atom. The van der Waals surface area contributed by atoms with E-state index in [0.29, 0.717) is 17.2 Å². The Bertz CT molecular complexity index is 468. The Labute approximate surface area is 120 Å². The molecule has 20 heavy (non-hydrogen) atoms. The lowest BCUT2D eigenvalue weighted by Crippen LogP contribution is -2.33. The smallest absolute Gasteiger partial charge is 0.340 e. The van der Waals surface area contributed by atoms with Gasteiger partial charge in [-0.15, -0.1) is 0 Å². The van der Waals surface area contributed by atoms with Crippen molar-refractivity contribution in [2.24, 2.45) is 5.92 Å². The summed E-state index contributed by atoms with van der Waals surface area (Å²) in [7, 11) is 3.53. The van der Waals surface area contributed by atoms with Crippen LogP contribution in [-0.2, 0) is 4.74 Å². The second-order valence-corrected chi connectivity index (χ2v) is 5.42. The zero-order chi connectivity index (χ0) is 14.5. The first-order chi connectivity index (χ1) is 9.60. The molecule has 110 valence electrons. The molecule has 3 N–H and O–H groups in total. The van der Waals surface area contributed by atoms with Gasteiger partial charge < -0.3 is 20.7 Å². The summed E-state index contributed by atoms with van der Waals surface area (Å²) < 4.78 is 4.80. The minimum atomic E-state index is -0.358. The highest BCUT2D eigenvalue weighted by Crippen LogP contribution is 2.22. The number of piperidine rings is 1. The Hall–Kier alpha value is -1.75. The van der Waals surface area contributed by atoms with Gasteiger partial charge in [0.2, 0.25) is 0 Å². The van der Waals surface area contributed by atoms with Gasteiger partial charge in [0.15, 0.2) is 0 Å². The highest BCUT2D eigenvalue weighted by molar-refractivity contribution is 5.96. The van der Waals surface area contributed by atoms with E-state index in [1.165, 1.54) is 20.0 Å². The zero-order valence-electron chi connectivity index (χ0n) is 12.2. The molecule has 1 heterocycles. The Balaban J connectivity index is 2.00. The minimum Gasteiger partial charge on any atom is -0.465 e. The molecule has 0 aromatic heterocycles. The average Bonchev–Trinajstić information content (AvgIpc) is 2.46. The van der Waals surface area contributed by atoms with Crippen LogP contribution in [0, 0.1) is 5.92 Å². The highest BCUT2D eigenvalue weighted by Gasteiger charge is 2.18. The van der Waals surface area contributed by atoms with Crippen LogP contribution >= 0.6 is 0 Å². The van der Waals surface area contributed by atoms with Gasteiger partial charge in [0.1, 0.15) is 0 Å². The second-order valence-electron chi connectivity index (χ2n) is 5.42. The van der Waals surface area contributed by atoms with Crippen LogP contribution in [0.25, 0.3) is 0 Å². The molecule has 1 fully saturated rings.